The predicted molar refractivity (Wildman–Crippen MR) is 67.0 cm³/mol. The number of hydrogen-bond acceptors (Lipinski definition) is 5. The third kappa shape index (κ3) is 2.68. The van der Waals surface area contributed by atoms with Gasteiger partial charge >= 0.3 is 5.76 Å². The molecule has 1 aromatic heterocycles. The Morgan fingerprint density at radius 3 is 2.89 bits per heavy atom. The average Bonchev–Trinajstić information content (AvgIpc) is 2.38. The highest BCUT2D eigenvalue weighted by Gasteiger charge is 2.07. The number of rotatable bonds is 5. The molecule has 1 heterocycles. The van der Waals surface area contributed by atoms with Crippen molar-refractivity contribution in [2.75, 3.05) is 20.3 Å². The fourth-order valence-electron chi connectivity index (χ4n) is 1.71. The second-order valence-electron chi connectivity index (χ2n) is 3.78. The molecular formula is C13H15NO4. The van der Waals surface area contributed by atoms with Gasteiger partial charge < -0.3 is 13.9 Å². The van der Waals surface area contributed by atoms with Crippen LogP contribution < -0.4 is 10.5 Å². The average molecular weight is 249 g/mol. The molecule has 0 amide bonds. The van der Waals surface area contributed by atoms with Crippen LogP contribution in [0.5, 0.6) is 5.75 Å². The van der Waals surface area contributed by atoms with Gasteiger partial charge in [0.25, 0.3) is 0 Å². The van der Waals surface area contributed by atoms with Crippen LogP contribution in [-0.2, 0) is 11.2 Å². The molecule has 5 nitrogen and oxygen atoms in total. The Morgan fingerprint density at radius 1 is 1.33 bits per heavy atom. The van der Waals surface area contributed by atoms with Gasteiger partial charge in [-0.25, -0.2) is 4.79 Å². The highest BCUT2D eigenvalue weighted by atomic mass is 16.5. The summed E-state index contributed by atoms with van der Waals surface area (Å²) < 4.78 is 15.5. The van der Waals surface area contributed by atoms with E-state index >= 15 is 0 Å². The Balaban J connectivity index is 2.37. The van der Waals surface area contributed by atoms with Gasteiger partial charge in [0.15, 0.2) is 0 Å². The number of aryl methyl sites for hydroxylation is 1. The van der Waals surface area contributed by atoms with Crippen LogP contribution in [-0.4, -0.2) is 25.3 Å². The maximum atomic E-state index is 11.2. The van der Waals surface area contributed by atoms with Crippen molar-refractivity contribution in [3.63, 3.8) is 0 Å². The normalized spacial score (nSPS) is 10.8. The van der Waals surface area contributed by atoms with Crippen LogP contribution in [0, 0.1) is 0 Å². The Bertz CT molecular complexity index is 591. The lowest BCUT2D eigenvalue weighted by Gasteiger charge is -2.07. The molecule has 0 aliphatic rings. The van der Waals surface area contributed by atoms with Gasteiger partial charge in [0.1, 0.15) is 17.9 Å². The van der Waals surface area contributed by atoms with Gasteiger partial charge in [-0.3, -0.25) is 0 Å². The highest BCUT2D eigenvalue weighted by Crippen LogP contribution is 2.22. The van der Waals surface area contributed by atoms with E-state index in [0.717, 1.165) is 11.1 Å². The lowest BCUT2D eigenvalue weighted by molar-refractivity contribution is 0.146. The number of fused-ring (bicyclic) bond motifs is 1. The number of benzene rings is 1. The van der Waals surface area contributed by atoms with Crippen LogP contribution in [0.15, 0.2) is 27.4 Å². The summed E-state index contributed by atoms with van der Waals surface area (Å²) in [6.45, 7) is 2.95. The zero-order valence-electron chi connectivity index (χ0n) is 10.4. The van der Waals surface area contributed by atoms with E-state index in [-0.39, 0.29) is 0 Å². The van der Waals surface area contributed by atoms with Gasteiger partial charge in [-0.1, -0.05) is 6.92 Å². The molecule has 0 radical (unpaired) electrons. The van der Waals surface area contributed by atoms with Gasteiger partial charge in [-0.15, -0.1) is 0 Å². The Hall–Kier alpha value is -1.88. The summed E-state index contributed by atoms with van der Waals surface area (Å²) in [5, 5.41) is 0.812. The largest absolute Gasteiger partial charge is 0.491 e. The third-order valence-corrected chi connectivity index (χ3v) is 2.58. The second kappa shape index (κ2) is 5.64. The van der Waals surface area contributed by atoms with Crippen LogP contribution >= 0.6 is 0 Å². The minimum Gasteiger partial charge on any atom is -0.491 e. The molecule has 0 saturated carbocycles. The van der Waals surface area contributed by atoms with Gasteiger partial charge in [0.05, 0.1) is 12.3 Å². The van der Waals surface area contributed by atoms with E-state index in [9.17, 15) is 4.79 Å². The first-order valence-electron chi connectivity index (χ1n) is 5.80. The molecule has 0 spiro atoms. The quantitative estimate of drug-likeness (QED) is 0.756. The highest BCUT2D eigenvalue weighted by molar-refractivity contribution is 5.80. The molecule has 0 unspecified atom stereocenters. The van der Waals surface area contributed by atoms with Crippen molar-refractivity contribution >= 4 is 11.0 Å². The van der Waals surface area contributed by atoms with Crippen molar-refractivity contribution < 1.29 is 13.9 Å². The predicted octanol–water partition coefficient (Wildman–Crippen LogP) is 1.78. The number of ether oxygens (including phenoxy) is 2. The summed E-state index contributed by atoms with van der Waals surface area (Å²) in [6, 6.07) is 5.32. The van der Waals surface area contributed by atoms with E-state index in [4.69, 9.17) is 13.9 Å². The van der Waals surface area contributed by atoms with Crippen molar-refractivity contribution in [2.24, 2.45) is 0 Å². The minimum absolute atomic E-state index is 0.480. The van der Waals surface area contributed by atoms with E-state index in [1.807, 2.05) is 13.0 Å². The summed E-state index contributed by atoms with van der Waals surface area (Å²) in [7, 11) is 1.62. The van der Waals surface area contributed by atoms with E-state index in [1.54, 1.807) is 19.2 Å². The van der Waals surface area contributed by atoms with E-state index < -0.39 is 5.76 Å². The summed E-state index contributed by atoms with van der Waals surface area (Å²) >= 11 is 0. The minimum atomic E-state index is -0.563. The molecule has 0 bridgehead atoms. The monoisotopic (exact) mass is 249 g/mol. The fraction of sp³-hybridized carbons (Fsp3) is 0.385. The Morgan fingerprint density at radius 2 is 2.17 bits per heavy atom. The lowest BCUT2D eigenvalue weighted by atomic mass is 10.1. The summed E-state index contributed by atoms with van der Waals surface area (Å²) in [4.78, 5) is 15.1. The van der Waals surface area contributed by atoms with E-state index in [2.05, 4.69) is 4.98 Å². The van der Waals surface area contributed by atoms with Crippen molar-refractivity contribution in [1.29, 1.82) is 0 Å². The lowest BCUT2D eigenvalue weighted by Crippen LogP contribution is -2.08. The Labute approximate surface area is 104 Å². The van der Waals surface area contributed by atoms with Crippen molar-refractivity contribution in [2.45, 2.75) is 13.3 Å². The number of nitrogens with zero attached hydrogens (tertiary/aromatic N) is 1. The van der Waals surface area contributed by atoms with Crippen LogP contribution in [0.25, 0.3) is 11.0 Å². The summed E-state index contributed by atoms with van der Waals surface area (Å²) in [5.41, 5.74) is 1.25. The molecule has 0 N–H and O–H groups in total. The van der Waals surface area contributed by atoms with Gasteiger partial charge in [0, 0.05) is 12.5 Å². The first-order chi connectivity index (χ1) is 8.74. The van der Waals surface area contributed by atoms with Crippen molar-refractivity contribution in [3.8, 4) is 5.75 Å². The summed E-state index contributed by atoms with van der Waals surface area (Å²) in [5.74, 6) is 0.150. The number of hydrogen-bond donors (Lipinski definition) is 0. The van der Waals surface area contributed by atoms with Crippen LogP contribution in [0.1, 0.15) is 12.6 Å². The molecule has 0 saturated heterocycles. The van der Waals surface area contributed by atoms with E-state index in [1.165, 1.54) is 0 Å². The van der Waals surface area contributed by atoms with E-state index in [0.29, 0.717) is 31.0 Å². The summed E-state index contributed by atoms with van der Waals surface area (Å²) in [6.07, 6.45) is 0.670. The first-order valence-corrected chi connectivity index (χ1v) is 5.80. The fourth-order valence-corrected chi connectivity index (χ4v) is 1.71. The zero-order chi connectivity index (χ0) is 13.0. The van der Waals surface area contributed by atoms with Gasteiger partial charge in [-0.2, -0.15) is 4.98 Å². The molecule has 0 atom stereocenters. The molecule has 1 aromatic carbocycles. The molecule has 2 rings (SSSR count). The molecule has 0 aliphatic carbocycles. The number of methoxy groups -OCH3 is 1. The smallest absolute Gasteiger partial charge is 0.439 e. The molecule has 0 aliphatic heterocycles. The first kappa shape index (κ1) is 12.6. The molecular weight excluding hydrogens is 234 g/mol. The van der Waals surface area contributed by atoms with Crippen LogP contribution in [0.4, 0.5) is 0 Å². The number of aromatic nitrogens is 1. The standard InChI is InChI=1S/C13H15NO4/c1-3-11-10-8-9(17-7-6-16-2)4-5-12(10)18-13(15)14-11/h4-5,8H,3,6-7H2,1-2H3. The van der Waals surface area contributed by atoms with Gasteiger partial charge in [-0.05, 0) is 24.6 Å². The maximum Gasteiger partial charge on any atom is 0.439 e. The topological polar surface area (TPSA) is 61.6 Å². The Kier molecular flexibility index (Phi) is 3.94. The van der Waals surface area contributed by atoms with Crippen LogP contribution in [0.3, 0.4) is 0 Å². The second-order valence-corrected chi connectivity index (χ2v) is 3.78. The molecule has 2 aromatic rings. The maximum absolute atomic E-state index is 11.2. The van der Waals surface area contributed by atoms with Crippen LogP contribution in [0.2, 0.25) is 0 Å². The SMILES string of the molecule is CCc1nc(=O)oc2ccc(OCCOC)cc12. The molecule has 18 heavy (non-hydrogen) atoms. The van der Waals surface area contributed by atoms with Crippen molar-refractivity contribution in [3.05, 3.63) is 34.4 Å². The zero-order valence-corrected chi connectivity index (χ0v) is 10.4. The molecule has 96 valence electrons. The molecule has 5 heteroatoms. The van der Waals surface area contributed by atoms with Crippen molar-refractivity contribution in [1.82, 2.24) is 4.98 Å². The third-order valence-electron chi connectivity index (χ3n) is 2.58. The molecule has 0 fully saturated rings. The van der Waals surface area contributed by atoms with Gasteiger partial charge in [0.2, 0.25) is 0 Å².